The van der Waals surface area contributed by atoms with E-state index in [2.05, 4.69) is 10.3 Å². The fourth-order valence-corrected chi connectivity index (χ4v) is 2.66. The Morgan fingerprint density at radius 1 is 1.75 bits per heavy atom. The number of thiazole rings is 1. The van der Waals surface area contributed by atoms with Crippen LogP contribution < -0.4 is 5.32 Å². The minimum Gasteiger partial charge on any atom is -0.461 e. The Bertz CT molecular complexity index is 359. The van der Waals surface area contributed by atoms with Crippen LogP contribution in [-0.2, 0) is 4.74 Å². The minimum absolute atomic E-state index is 0.303. The Morgan fingerprint density at radius 2 is 2.62 bits per heavy atom. The second kappa shape index (κ2) is 5.41. The zero-order valence-corrected chi connectivity index (χ0v) is 10.2. The van der Waals surface area contributed by atoms with Crippen LogP contribution in [0.3, 0.4) is 0 Å². The van der Waals surface area contributed by atoms with Crippen molar-refractivity contribution in [1.29, 1.82) is 0 Å². The molecule has 16 heavy (non-hydrogen) atoms. The Kier molecular flexibility index (Phi) is 3.90. The van der Waals surface area contributed by atoms with Crippen LogP contribution in [0.2, 0.25) is 0 Å². The molecule has 1 aliphatic heterocycles. The van der Waals surface area contributed by atoms with E-state index in [4.69, 9.17) is 4.74 Å². The molecule has 1 fully saturated rings. The van der Waals surface area contributed by atoms with Crippen molar-refractivity contribution in [1.82, 2.24) is 10.3 Å². The van der Waals surface area contributed by atoms with Gasteiger partial charge in [-0.05, 0) is 26.3 Å². The predicted molar refractivity (Wildman–Crippen MR) is 62.9 cm³/mol. The van der Waals surface area contributed by atoms with Gasteiger partial charge in [0.25, 0.3) is 0 Å². The first-order chi connectivity index (χ1) is 7.81. The van der Waals surface area contributed by atoms with Crippen LogP contribution in [0.25, 0.3) is 0 Å². The number of hydrogen-bond acceptors (Lipinski definition) is 5. The maximum atomic E-state index is 11.5. The van der Waals surface area contributed by atoms with Gasteiger partial charge < -0.3 is 10.1 Å². The number of hydrogen-bond donors (Lipinski definition) is 1. The third-order valence-electron chi connectivity index (χ3n) is 2.69. The first-order valence-corrected chi connectivity index (χ1v) is 6.52. The number of ether oxygens (including phenoxy) is 1. The molecule has 0 unspecified atom stereocenters. The summed E-state index contributed by atoms with van der Waals surface area (Å²) >= 11 is 1.38. The number of rotatable bonds is 3. The molecule has 0 radical (unpaired) electrons. The van der Waals surface area contributed by atoms with Gasteiger partial charge in [-0.2, -0.15) is 0 Å². The molecule has 0 bridgehead atoms. The minimum atomic E-state index is -0.303. The summed E-state index contributed by atoms with van der Waals surface area (Å²) in [6, 6.07) is 0. The van der Waals surface area contributed by atoms with Gasteiger partial charge in [-0.3, -0.25) is 0 Å². The van der Waals surface area contributed by atoms with E-state index in [-0.39, 0.29) is 5.97 Å². The molecule has 5 heteroatoms. The predicted octanol–water partition coefficient (Wildman–Crippen LogP) is 1.79. The van der Waals surface area contributed by atoms with Crippen molar-refractivity contribution < 1.29 is 9.53 Å². The first kappa shape index (κ1) is 11.5. The molecule has 1 atom stereocenters. The zero-order chi connectivity index (χ0) is 11.4. The second-order valence-corrected chi connectivity index (χ2v) is 4.70. The molecule has 1 aliphatic rings. The number of nitrogens with one attached hydrogen (secondary N) is 1. The molecule has 0 spiro atoms. The van der Waals surface area contributed by atoms with E-state index in [9.17, 15) is 4.79 Å². The molecule has 2 heterocycles. The number of carbonyl (C=O) groups excluding carboxylic acids is 1. The highest BCUT2D eigenvalue weighted by Gasteiger charge is 2.20. The molecule has 2 rings (SSSR count). The fourth-order valence-electron chi connectivity index (χ4n) is 1.86. The van der Waals surface area contributed by atoms with Crippen LogP contribution in [0.4, 0.5) is 0 Å². The normalized spacial score (nSPS) is 20.7. The average Bonchev–Trinajstić information content (AvgIpc) is 2.80. The highest BCUT2D eigenvalue weighted by atomic mass is 32.1. The lowest BCUT2D eigenvalue weighted by Crippen LogP contribution is -2.28. The number of aromatic nitrogens is 1. The van der Waals surface area contributed by atoms with E-state index in [1.165, 1.54) is 17.8 Å². The monoisotopic (exact) mass is 240 g/mol. The van der Waals surface area contributed by atoms with Gasteiger partial charge in [0, 0.05) is 17.8 Å². The maximum absolute atomic E-state index is 11.5. The Hall–Kier alpha value is -0.940. The molecule has 0 amide bonds. The molecule has 88 valence electrons. The lowest BCUT2D eigenvalue weighted by molar-refractivity contribution is 0.0525. The van der Waals surface area contributed by atoms with Gasteiger partial charge in [0.05, 0.1) is 12.3 Å². The summed E-state index contributed by atoms with van der Waals surface area (Å²) in [5, 5.41) is 5.80. The van der Waals surface area contributed by atoms with Gasteiger partial charge in [0.15, 0.2) is 0 Å². The highest BCUT2D eigenvalue weighted by molar-refractivity contribution is 7.11. The van der Waals surface area contributed by atoms with Crippen molar-refractivity contribution in [3.05, 3.63) is 16.1 Å². The van der Waals surface area contributed by atoms with E-state index >= 15 is 0 Å². The van der Waals surface area contributed by atoms with Crippen molar-refractivity contribution in [2.45, 2.75) is 25.7 Å². The third kappa shape index (κ3) is 2.59. The van der Waals surface area contributed by atoms with Crippen LogP contribution in [0.5, 0.6) is 0 Å². The van der Waals surface area contributed by atoms with E-state index in [1.54, 1.807) is 6.92 Å². The highest BCUT2D eigenvalue weighted by Crippen LogP contribution is 2.24. The van der Waals surface area contributed by atoms with Crippen molar-refractivity contribution in [3.8, 4) is 0 Å². The molecule has 4 nitrogen and oxygen atoms in total. The maximum Gasteiger partial charge on any atom is 0.367 e. The quantitative estimate of drug-likeness (QED) is 0.818. The molecular formula is C11H16N2O2S. The lowest BCUT2D eigenvalue weighted by atomic mass is 9.97. The van der Waals surface area contributed by atoms with Crippen molar-refractivity contribution in [2.24, 2.45) is 0 Å². The summed E-state index contributed by atoms with van der Waals surface area (Å²) < 4.78 is 4.92. The zero-order valence-electron chi connectivity index (χ0n) is 9.36. The summed E-state index contributed by atoms with van der Waals surface area (Å²) in [6.45, 7) is 4.26. The number of nitrogens with zero attached hydrogens (tertiary/aromatic N) is 1. The van der Waals surface area contributed by atoms with Gasteiger partial charge >= 0.3 is 5.97 Å². The van der Waals surface area contributed by atoms with Gasteiger partial charge in [-0.25, -0.2) is 9.78 Å². The molecule has 0 saturated carbocycles. The lowest BCUT2D eigenvalue weighted by Gasteiger charge is -2.20. The fraction of sp³-hybridized carbons (Fsp3) is 0.636. The summed E-state index contributed by atoms with van der Waals surface area (Å²) in [5.41, 5.74) is 1.03. The number of esters is 1. The molecule has 1 aromatic heterocycles. The van der Waals surface area contributed by atoms with E-state index < -0.39 is 0 Å². The van der Waals surface area contributed by atoms with E-state index in [0.29, 0.717) is 17.5 Å². The third-order valence-corrected chi connectivity index (χ3v) is 3.53. The average molecular weight is 240 g/mol. The van der Waals surface area contributed by atoms with Crippen LogP contribution >= 0.6 is 11.3 Å². The second-order valence-electron chi connectivity index (χ2n) is 3.84. The van der Waals surface area contributed by atoms with Gasteiger partial charge in [-0.1, -0.05) is 0 Å². The van der Waals surface area contributed by atoms with Gasteiger partial charge in [0.1, 0.15) is 0 Å². The number of carbonyl (C=O) groups is 1. The van der Waals surface area contributed by atoms with Crippen molar-refractivity contribution in [2.75, 3.05) is 19.7 Å². The molecular weight excluding hydrogens is 224 g/mol. The molecule has 0 aliphatic carbocycles. The SMILES string of the molecule is CCOC(=O)c1nc([C@@H]2CCCNC2)cs1. The topological polar surface area (TPSA) is 51.2 Å². The van der Waals surface area contributed by atoms with E-state index in [0.717, 1.165) is 25.2 Å². The molecule has 1 aromatic rings. The van der Waals surface area contributed by atoms with Crippen LogP contribution in [0.15, 0.2) is 5.38 Å². The summed E-state index contributed by atoms with van der Waals surface area (Å²) in [5.74, 6) is 0.149. The molecule has 1 saturated heterocycles. The van der Waals surface area contributed by atoms with Crippen LogP contribution in [0.1, 0.15) is 41.2 Å². The summed E-state index contributed by atoms with van der Waals surface area (Å²) in [6.07, 6.45) is 2.33. The first-order valence-electron chi connectivity index (χ1n) is 5.64. The number of piperidine rings is 1. The van der Waals surface area contributed by atoms with Crippen molar-refractivity contribution in [3.63, 3.8) is 0 Å². The Labute approximate surface area is 99.0 Å². The summed E-state index contributed by atoms with van der Waals surface area (Å²) in [4.78, 5) is 15.8. The Balaban J connectivity index is 2.03. The largest absolute Gasteiger partial charge is 0.461 e. The van der Waals surface area contributed by atoms with Gasteiger partial charge in [-0.15, -0.1) is 11.3 Å². The molecule has 1 N–H and O–H groups in total. The van der Waals surface area contributed by atoms with Crippen molar-refractivity contribution >= 4 is 17.3 Å². The standard InChI is InChI=1S/C11H16N2O2S/c1-2-15-11(14)10-13-9(7-16-10)8-4-3-5-12-6-8/h7-8,12H,2-6H2,1H3/t8-/m1/s1. The van der Waals surface area contributed by atoms with Crippen LogP contribution in [-0.4, -0.2) is 30.6 Å². The van der Waals surface area contributed by atoms with Crippen LogP contribution in [0, 0.1) is 0 Å². The van der Waals surface area contributed by atoms with E-state index in [1.807, 2.05) is 5.38 Å². The smallest absolute Gasteiger partial charge is 0.367 e. The summed E-state index contributed by atoms with van der Waals surface area (Å²) in [7, 11) is 0. The van der Waals surface area contributed by atoms with Gasteiger partial charge in [0.2, 0.25) is 5.01 Å². The Morgan fingerprint density at radius 3 is 3.31 bits per heavy atom. The molecule has 0 aromatic carbocycles.